The maximum Gasteiger partial charge on any atom is 1.00 e. The molecule has 0 spiro atoms. The van der Waals surface area contributed by atoms with E-state index in [1.54, 1.807) is 0 Å². The van der Waals surface area contributed by atoms with Crippen molar-refractivity contribution in [2.24, 2.45) is 5.14 Å². The first kappa shape index (κ1) is 12.9. The second-order valence-corrected chi connectivity index (χ2v) is 3.19. The molecule has 0 bridgehead atoms. The molecule has 1 rings (SSSR count). The zero-order valence-corrected chi connectivity index (χ0v) is 9.71. The Labute approximate surface area is 98.9 Å². The second kappa shape index (κ2) is 4.92. The Hall–Kier alpha value is -0.140. The number of nitrogens with two attached hydrogens (primary N) is 1. The van der Waals surface area contributed by atoms with Crippen LogP contribution < -0.4 is 38.9 Å². The molecule has 0 radical (unpaired) electrons. The van der Waals surface area contributed by atoms with Crippen molar-refractivity contribution in [3.63, 3.8) is 0 Å². The van der Waals surface area contributed by atoms with Gasteiger partial charge in [-0.05, 0) is 12.1 Å². The third kappa shape index (κ3) is 5.22. The van der Waals surface area contributed by atoms with Crippen LogP contribution in [0.4, 0.5) is 4.39 Å². The van der Waals surface area contributed by atoms with Crippen LogP contribution in [0, 0.1) is 5.82 Å². The fourth-order valence-electron chi connectivity index (χ4n) is 0.653. The Bertz CT molecular complexity index is 386. The van der Waals surface area contributed by atoms with Gasteiger partial charge >= 0.3 is 39.9 Å². The molecule has 0 saturated carbocycles. The quantitative estimate of drug-likeness (QED) is 0.555. The summed E-state index contributed by atoms with van der Waals surface area (Å²) >= 11 is 0. The van der Waals surface area contributed by atoms with Crippen molar-refractivity contribution >= 4 is 10.3 Å². The van der Waals surface area contributed by atoms with Crippen molar-refractivity contribution in [3.05, 3.63) is 30.1 Å². The number of hydrogen-bond donors (Lipinski definition) is 1. The van der Waals surface area contributed by atoms with Crippen LogP contribution in [0.3, 0.4) is 0 Å². The Balaban J connectivity index is 0. The van der Waals surface area contributed by atoms with Crippen LogP contribution in [-0.4, -0.2) is 8.42 Å². The largest absolute Gasteiger partial charge is 1.00 e. The second-order valence-electron chi connectivity index (χ2n) is 2.03. The summed E-state index contributed by atoms with van der Waals surface area (Å²) in [6, 6.07) is 4.68. The molecule has 1 aromatic carbocycles. The van der Waals surface area contributed by atoms with E-state index in [-0.39, 0.29) is 36.7 Å². The van der Waals surface area contributed by atoms with E-state index in [2.05, 4.69) is 9.32 Å². The maximum absolute atomic E-state index is 12.4. The molecule has 2 N–H and O–H groups in total. The first-order valence-corrected chi connectivity index (χ1v) is 4.42. The molecule has 68 valence electrons. The summed E-state index contributed by atoms with van der Waals surface area (Å²) in [7, 11) is -4.06. The minimum Gasteiger partial charge on any atom is -1.00 e. The number of rotatable bonds is 2. The van der Waals surface area contributed by atoms with Crippen molar-refractivity contribution in [2.75, 3.05) is 0 Å². The average Bonchev–Trinajstić information content (AvgIpc) is 1.82. The molecule has 0 unspecified atom stereocenters. The van der Waals surface area contributed by atoms with E-state index in [1.165, 1.54) is 12.1 Å². The van der Waals surface area contributed by atoms with Crippen LogP contribution in [0.25, 0.3) is 0 Å². The van der Waals surface area contributed by atoms with Gasteiger partial charge in [0.15, 0.2) is 0 Å². The molecular weight excluding hydrogens is 208 g/mol. The molecule has 0 atom stereocenters. The summed E-state index contributed by atoms with van der Waals surface area (Å²) in [5, 5.41) is 4.55. The van der Waals surface area contributed by atoms with Crippen molar-refractivity contribution in [1.29, 1.82) is 0 Å². The zero-order valence-electron chi connectivity index (χ0n) is 7.90. The van der Waals surface area contributed by atoms with Crippen molar-refractivity contribution in [1.82, 2.24) is 0 Å². The zero-order chi connectivity index (χ0) is 9.19. The SMILES string of the molecule is NS(=O)(=O)Oc1cccc(F)c1.[H-].[Na+]. The Morgan fingerprint density at radius 2 is 2.08 bits per heavy atom. The minimum atomic E-state index is -4.06. The maximum atomic E-state index is 12.4. The third-order valence-corrected chi connectivity index (χ3v) is 1.43. The number of benzene rings is 1. The molecular formula is C6H7FNNaO3S. The topological polar surface area (TPSA) is 69.4 Å². The van der Waals surface area contributed by atoms with Gasteiger partial charge in [-0.1, -0.05) is 6.07 Å². The molecule has 13 heavy (non-hydrogen) atoms. The van der Waals surface area contributed by atoms with Crippen LogP contribution in [0.2, 0.25) is 0 Å². The molecule has 0 aliphatic carbocycles. The molecule has 0 fully saturated rings. The third-order valence-electron chi connectivity index (χ3n) is 1.01. The van der Waals surface area contributed by atoms with Gasteiger partial charge in [-0.25, -0.2) is 4.39 Å². The van der Waals surface area contributed by atoms with Gasteiger partial charge < -0.3 is 5.61 Å². The van der Waals surface area contributed by atoms with Crippen molar-refractivity contribution in [2.45, 2.75) is 0 Å². The van der Waals surface area contributed by atoms with Gasteiger partial charge in [0.05, 0.1) is 0 Å². The molecule has 0 aliphatic rings. The Kier molecular flexibility index (Phi) is 4.87. The summed E-state index contributed by atoms with van der Waals surface area (Å²) < 4.78 is 37.3. The molecule has 4 nitrogen and oxygen atoms in total. The van der Waals surface area contributed by atoms with Crippen molar-refractivity contribution < 1.29 is 48.0 Å². The molecule has 0 heterocycles. The monoisotopic (exact) mass is 215 g/mol. The minimum absolute atomic E-state index is 0. The van der Waals surface area contributed by atoms with E-state index >= 15 is 0 Å². The van der Waals surface area contributed by atoms with Crippen LogP contribution in [0.5, 0.6) is 5.75 Å². The van der Waals surface area contributed by atoms with Crippen LogP contribution in [0.1, 0.15) is 1.43 Å². The molecule has 0 saturated heterocycles. The van der Waals surface area contributed by atoms with Gasteiger partial charge in [-0.2, -0.15) is 13.6 Å². The van der Waals surface area contributed by atoms with Crippen LogP contribution in [0.15, 0.2) is 24.3 Å². The van der Waals surface area contributed by atoms with Crippen molar-refractivity contribution in [3.8, 4) is 5.75 Å². The van der Waals surface area contributed by atoms with E-state index in [1.807, 2.05) is 0 Å². The van der Waals surface area contributed by atoms with E-state index in [9.17, 15) is 12.8 Å². The summed E-state index contributed by atoms with van der Waals surface area (Å²) in [6.07, 6.45) is 0. The summed E-state index contributed by atoms with van der Waals surface area (Å²) in [5.74, 6) is -0.728. The first-order chi connectivity index (χ1) is 5.47. The number of halogens is 1. The van der Waals surface area contributed by atoms with Gasteiger partial charge in [-0.15, -0.1) is 0 Å². The molecule has 1 aromatic rings. The van der Waals surface area contributed by atoms with E-state index in [0.717, 1.165) is 12.1 Å². The smallest absolute Gasteiger partial charge is 1.00 e. The molecule has 0 aliphatic heterocycles. The predicted octanol–water partition coefficient (Wildman–Crippen LogP) is -2.48. The standard InChI is InChI=1S/C6H6FNO3S.Na.H/c7-5-2-1-3-6(4-5)11-12(8,9)10;;/h1-4H,(H2,8,9,10);;/q;+1;-1. The fraction of sp³-hybridized carbons (Fsp3) is 0. The molecule has 0 amide bonds. The van der Waals surface area contributed by atoms with Gasteiger partial charge in [0.1, 0.15) is 11.6 Å². The first-order valence-electron chi connectivity index (χ1n) is 2.95. The van der Waals surface area contributed by atoms with Crippen LogP contribution in [-0.2, 0) is 10.3 Å². The van der Waals surface area contributed by atoms with Gasteiger partial charge in [-0.3, -0.25) is 0 Å². The van der Waals surface area contributed by atoms with E-state index < -0.39 is 16.1 Å². The summed E-state index contributed by atoms with van der Waals surface area (Å²) in [6.45, 7) is 0. The normalized spacial score (nSPS) is 10.3. The van der Waals surface area contributed by atoms with Gasteiger partial charge in [0.2, 0.25) is 0 Å². The summed E-state index contributed by atoms with van der Waals surface area (Å²) in [5.41, 5.74) is 0. The molecule has 7 heteroatoms. The van der Waals surface area contributed by atoms with E-state index in [0.29, 0.717) is 0 Å². The Morgan fingerprint density at radius 3 is 2.54 bits per heavy atom. The van der Waals surface area contributed by atoms with Gasteiger partial charge in [0, 0.05) is 6.07 Å². The average molecular weight is 215 g/mol. The molecule has 0 aromatic heterocycles. The summed E-state index contributed by atoms with van der Waals surface area (Å²) in [4.78, 5) is 0. The number of hydrogen-bond acceptors (Lipinski definition) is 3. The predicted molar refractivity (Wildman–Crippen MR) is 41.2 cm³/mol. The van der Waals surface area contributed by atoms with Crippen LogP contribution >= 0.6 is 0 Å². The fourth-order valence-corrected chi connectivity index (χ4v) is 1.02. The Morgan fingerprint density at radius 1 is 1.46 bits per heavy atom. The van der Waals surface area contributed by atoms with Gasteiger partial charge in [0.25, 0.3) is 0 Å². The van der Waals surface area contributed by atoms with E-state index in [4.69, 9.17) is 0 Å².